The molecule has 2 aliphatic heterocycles. The van der Waals surface area contributed by atoms with E-state index < -0.39 is 0 Å². The molecule has 7 heavy (non-hydrogen) atoms. The molecule has 2 fully saturated rings. The molecule has 2 rings (SSSR count). The summed E-state index contributed by atoms with van der Waals surface area (Å²) in [6.07, 6.45) is 1.44. The smallest absolute Gasteiger partial charge is 0.0246 e. The zero-order chi connectivity index (χ0) is 5.07. The Morgan fingerprint density at radius 3 is 2.29 bits per heavy atom. The van der Waals surface area contributed by atoms with E-state index in [4.69, 9.17) is 0 Å². The van der Waals surface area contributed by atoms with Crippen LogP contribution in [0.1, 0.15) is 20.3 Å². The number of nitrogens with zero attached hydrogens (tertiary/aromatic N) is 1. The van der Waals surface area contributed by atoms with Crippen LogP contribution in [0.5, 0.6) is 0 Å². The van der Waals surface area contributed by atoms with E-state index in [0.717, 1.165) is 6.04 Å². The predicted molar refractivity (Wildman–Crippen MR) is 29.2 cm³/mol. The molecule has 0 N–H and O–H groups in total. The van der Waals surface area contributed by atoms with Crippen molar-refractivity contribution < 1.29 is 0 Å². The van der Waals surface area contributed by atoms with E-state index in [1.807, 2.05) is 0 Å². The first kappa shape index (κ1) is 3.90. The van der Waals surface area contributed by atoms with E-state index in [0.29, 0.717) is 5.54 Å². The van der Waals surface area contributed by atoms with Gasteiger partial charge in [-0.3, -0.25) is 4.90 Å². The normalized spacial score (nSPS) is 52.3. The summed E-state index contributed by atoms with van der Waals surface area (Å²) >= 11 is 0. The molecule has 2 atom stereocenters. The van der Waals surface area contributed by atoms with Crippen LogP contribution in [0.3, 0.4) is 0 Å². The van der Waals surface area contributed by atoms with Gasteiger partial charge in [0.1, 0.15) is 0 Å². The lowest BCUT2D eigenvalue weighted by Gasteiger charge is -2.35. The third-order valence-electron chi connectivity index (χ3n) is 2.23. The molecule has 1 heteroatoms. The minimum atomic E-state index is 0.588. The maximum atomic E-state index is 2.53. The van der Waals surface area contributed by atoms with Crippen LogP contribution in [0.25, 0.3) is 0 Å². The average molecular weight is 97.2 g/mol. The third-order valence-corrected chi connectivity index (χ3v) is 2.23. The Kier molecular flexibility index (Phi) is 0.419. The molecule has 0 bridgehead atoms. The van der Waals surface area contributed by atoms with E-state index >= 15 is 0 Å². The van der Waals surface area contributed by atoms with Crippen LogP contribution in [-0.2, 0) is 0 Å². The van der Waals surface area contributed by atoms with E-state index in [1.165, 1.54) is 13.0 Å². The molecule has 2 aliphatic rings. The largest absolute Gasteiger partial charge is 0.292 e. The first-order chi connectivity index (χ1) is 3.20. The molecule has 0 aliphatic carbocycles. The van der Waals surface area contributed by atoms with Gasteiger partial charge in [0, 0.05) is 18.1 Å². The molecule has 40 valence electrons. The molecule has 0 spiro atoms. The van der Waals surface area contributed by atoms with Crippen molar-refractivity contribution in [1.29, 1.82) is 0 Å². The van der Waals surface area contributed by atoms with Crippen LogP contribution in [0.15, 0.2) is 0 Å². The molecule has 2 saturated heterocycles. The van der Waals surface area contributed by atoms with E-state index in [1.54, 1.807) is 0 Å². The van der Waals surface area contributed by atoms with Gasteiger partial charge < -0.3 is 0 Å². The van der Waals surface area contributed by atoms with Gasteiger partial charge in [0.05, 0.1) is 0 Å². The van der Waals surface area contributed by atoms with Crippen molar-refractivity contribution in [2.75, 3.05) is 6.54 Å². The highest BCUT2D eigenvalue weighted by Crippen LogP contribution is 2.46. The van der Waals surface area contributed by atoms with Crippen molar-refractivity contribution in [3.05, 3.63) is 0 Å². The summed E-state index contributed by atoms with van der Waals surface area (Å²) < 4.78 is 0. The van der Waals surface area contributed by atoms with Gasteiger partial charge in [0.25, 0.3) is 0 Å². The topological polar surface area (TPSA) is 3.01 Å². The van der Waals surface area contributed by atoms with Crippen molar-refractivity contribution in [2.24, 2.45) is 0 Å². The SMILES string of the molecule is CC1(C)CC2CN21. The summed E-state index contributed by atoms with van der Waals surface area (Å²) in [4.78, 5) is 2.53. The van der Waals surface area contributed by atoms with Gasteiger partial charge in [-0.25, -0.2) is 0 Å². The summed E-state index contributed by atoms with van der Waals surface area (Å²) in [6.45, 7) is 6.01. The molecule has 1 nitrogen and oxygen atoms in total. The van der Waals surface area contributed by atoms with E-state index in [2.05, 4.69) is 18.7 Å². The Labute approximate surface area is 44.3 Å². The summed E-state index contributed by atoms with van der Waals surface area (Å²) in [5.74, 6) is 0. The van der Waals surface area contributed by atoms with Crippen molar-refractivity contribution in [1.82, 2.24) is 4.90 Å². The van der Waals surface area contributed by atoms with Crippen LogP contribution in [0.2, 0.25) is 0 Å². The van der Waals surface area contributed by atoms with Crippen LogP contribution >= 0.6 is 0 Å². The fraction of sp³-hybridized carbons (Fsp3) is 1.00. The van der Waals surface area contributed by atoms with Gasteiger partial charge in [-0.15, -0.1) is 0 Å². The maximum Gasteiger partial charge on any atom is 0.0246 e. The summed E-state index contributed by atoms with van der Waals surface area (Å²) in [5, 5.41) is 0. The number of hydrogen-bond acceptors (Lipinski definition) is 1. The Morgan fingerprint density at radius 2 is 2.29 bits per heavy atom. The first-order valence-corrected chi connectivity index (χ1v) is 2.97. The average Bonchev–Trinajstić information content (AvgIpc) is 2.13. The molecule has 0 radical (unpaired) electrons. The summed E-state index contributed by atoms with van der Waals surface area (Å²) in [5.41, 5.74) is 0.588. The van der Waals surface area contributed by atoms with Gasteiger partial charge in [0.15, 0.2) is 0 Å². The van der Waals surface area contributed by atoms with Gasteiger partial charge in [-0.05, 0) is 20.3 Å². The molecule has 0 amide bonds. The van der Waals surface area contributed by atoms with Gasteiger partial charge in [0.2, 0.25) is 0 Å². The lowest BCUT2D eigenvalue weighted by Crippen LogP contribution is -2.42. The number of rotatable bonds is 0. The van der Waals surface area contributed by atoms with Crippen molar-refractivity contribution in [2.45, 2.75) is 31.8 Å². The Balaban J connectivity index is 2.15. The zero-order valence-electron chi connectivity index (χ0n) is 4.94. The second kappa shape index (κ2) is 0.752. The van der Waals surface area contributed by atoms with Gasteiger partial charge >= 0.3 is 0 Å². The summed E-state index contributed by atoms with van der Waals surface area (Å²) in [6, 6.07) is 1.01. The second-order valence-electron chi connectivity index (χ2n) is 3.32. The molecular weight excluding hydrogens is 86.1 g/mol. The van der Waals surface area contributed by atoms with Gasteiger partial charge in [-0.1, -0.05) is 0 Å². The lowest BCUT2D eigenvalue weighted by atomic mass is 9.93. The van der Waals surface area contributed by atoms with Crippen LogP contribution in [-0.4, -0.2) is 23.0 Å². The molecule has 0 aromatic carbocycles. The Hall–Kier alpha value is -0.0400. The molecule has 0 aromatic rings. The van der Waals surface area contributed by atoms with Crippen LogP contribution in [0.4, 0.5) is 0 Å². The van der Waals surface area contributed by atoms with Crippen LogP contribution in [0, 0.1) is 0 Å². The zero-order valence-corrected chi connectivity index (χ0v) is 4.94. The number of hydrogen-bond donors (Lipinski definition) is 0. The molecular formula is C6H11N. The van der Waals surface area contributed by atoms with E-state index in [9.17, 15) is 0 Å². The standard InChI is InChI=1S/C6H11N/c1-6(2)3-5-4-7(5)6/h5H,3-4H2,1-2H3. The minimum Gasteiger partial charge on any atom is -0.292 e. The summed E-state index contributed by atoms with van der Waals surface area (Å²) in [7, 11) is 0. The minimum absolute atomic E-state index is 0.588. The highest BCUT2D eigenvalue weighted by Gasteiger charge is 2.55. The molecule has 0 saturated carbocycles. The highest BCUT2D eigenvalue weighted by atomic mass is 15.4. The van der Waals surface area contributed by atoms with Gasteiger partial charge in [-0.2, -0.15) is 0 Å². The Morgan fingerprint density at radius 1 is 1.57 bits per heavy atom. The molecule has 2 unspecified atom stereocenters. The van der Waals surface area contributed by atoms with Crippen molar-refractivity contribution in [3.8, 4) is 0 Å². The highest BCUT2D eigenvalue weighted by molar-refractivity contribution is 5.12. The monoisotopic (exact) mass is 97.1 g/mol. The maximum absolute atomic E-state index is 2.53. The first-order valence-electron chi connectivity index (χ1n) is 2.97. The van der Waals surface area contributed by atoms with E-state index in [-0.39, 0.29) is 0 Å². The lowest BCUT2D eigenvalue weighted by molar-refractivity contribution is 0.150. The Bertz CT molecular complexity index is 107. The fourth-order valence-corrected chi connectivity index (χ4v) is 1.68. The van der Waals surface area contributed by atoms with Crippen molar-refractivity contribution in [3.63, 3.8) is 0 Å². The third kappa shape index (κ3) is 0.325. The van der Waals surface area contributed by atoms with Crippen molar-refractivity contribution >= 4 is 0 Å². The second-order valence-corrected chi connectivity index (χ2v) is 3.32. The predicted octanol–water partition coefficient (Wildman–Crippen LogP) is 0.853. The number of fused-ring (bicyclic) bond motifs is 1. The molecule has 0 aromatic heterocycles. The van der Waals surface area contributed by atoms with Crippen LogP contribution < -0.4 is 0 Å². The fourth-order valence-electron chi connectivity index (χ4n) is 1.68. The quantitative estimate of drug-likeness (QED) is 0.405. The molecule has 2 heterocycles.